The van der Waals surface area contributed by atoms with Gasteiger partial charge in [-0.2, -0.15) is 5.10 Å². The molecule has 1 aromatic heterocycles. The Morgan fingerprint density at radius 2 is 2.00 bits per heavy atom. The molecule has 2 aromatic carbocycles. The highest BCUT2D eigenvalue weighted by molar-refractivity contribution is 6.11. The van der Waals surface area contributed by atoms with Gasteiger partial charge in [0.2, 0.25) is 0 Å². The molecule has 1 aliphatic rings. The molecule has 150 valence electrons. The standard InChI is InChI=1S/C22H23FN4O2/c1-13(2)12-27-22(29)17-6-4-3-5-16(17)20(26-27)21(28)25-18-8-7-14-11-24-10-9-15(14)19(18)23/h3-8,13,24H,9-12H2,1-2H3,(H,25,28). The zero-order valence-electron chi connectivity index (χ0n) is 16.5. The third-order valence-corrected chi connectivity index (χ3v) is 5.08. The van der Waals surface area contributed by atoms with Gasteiger partial charge in [0, 0.05) is 18.5 Å². The van der Waals surface area contributed by atoms with Crippen LogP contribution >= 0.6 is 0 Å². The minimum atomic E-state index is -0.536. The highest BCUT2D eigenvalue weighted by Crippen LogP contribution is 2.25. The molecule has 0 spiro atoms. The van der Waals surface area contributed by atoms with Gasteiger partial charge in [0.25, 0.3) is 11.5 Å². The summed E-state index contributed by atoms with van der Waals surface area (Å²) in [4.78, 5) is 25.7. The minimum Gasteiger partial charge on any atom is -0.318 e. The number of carbonyl (C=O) groups is 1. The van der Waals surface area contributed by atoms with Crippen LogP contribution in [0.1, 0.15) is 35.5 Å². The van der Waals surface area contributed by atoms with Crippen LogP contribution in [0.25, 0.3) is 10.8 Å². The average Bonchev–Trinajstić information content (AvgIpc) is 2.72. The van der Waals surface area contributed by atoms with Gasteiger partial charge in [-0.1, -0.05) is 38.1 Å². The Hall–Kier alpha value is -3.06. The lowest BCUT2D eigenvalue weighted by atomic mass is 9.99. The molecule has 1 amide bonds. The molecule has 0 radical (unpaired) electrons. The van der Waals surface area contributed by atoms with Crippen LogP contribution in [0.3, 0.4) is 0 Å². The summed E-state index contributed by atoms with van der Waals surface area (Å²) in [5.74, 6) is -0.757. The second-order valence-electron chi connectivity index (χ2n) is 7.72. The van der Waals surface area contributed by atoms with E-state index in [2.05, 4.69) is 15.7 Å². The maximum Gasteiger partial charge on any atom is 0.276 e. The van der Waals surface area contributed by atoms with Crippen molar-refractivity contribution in [1.29, 1.82) is 0 Å². The Morgan fingerprint density at radius 1 is 1.24 bits per heavy atom. The molecule has 0 saturated heterocycles. The van der Waals surface area contributed by atoms with Crippen molar-refractivity contribution in [3.8, 4) is 0 Å². The molecule has 0 atom stereocenters. The Bertz CT molecular complexity index is 1150. The quantitative estimate of drug-likeness (QED) is 0.713. The van der Waals surface area contributed by atoms with E-state index in [9.17, 15) is 14.0 Å². The second-order valence-corrected chi connectivity index (χ2v) is 7.72. The van der Waals surface area contributed by atoms with Crippen molar-refractivity contribution in [3.63, 3.8) is 0 Å². The zero-order chi connectivity index (χ0) is 20.5. The molecule has 2 heterocycles. The SMILES string of the molecule is CC(C)Cn1nc(C(=O)Nc2ccc3c(c2F)CCNC3)c2ccccc2c1=O. The van der Waals surface area contributed by atoms with Crippen LogP contribution in [-0.4, -0.2) is 22.2 Å². The van der Waals surface area contributed by atoms with Crippen LogP contribution in [0.5, 0.6) is 0 Å². The van der Waals surface area contributed by atoms with Crippen LogP contribution < -0.4 is 16.2 Å². The largest absolute Gasteiger partial charge is 0.318 e. The molecule has 29 heavy (non-hydrogen) atoms. The number of anilines is 1. The number of amides is 1. The van der Waals surface area contributed by atoms with E-state index in [4.69, 9.17) is 0 Å². The molecular formula is C22H23FN4O2. The molecular weight excluding hydrogens is 371 g/mol. The van der Waals surface area contributed by atoms with Crippen molar-refractivity contribution in [2.45, 2.75) is 33.4 Å². The number of fused-ring (bicyclic) bond motifs is 2. The zero-order valence-corrected chi connectivity index (χ0v) is 16.5. The molecule has 4 rings (SSSR count). The van der Waals surface area contributed by atoms with E-state index in [1.54, 1.807) is 30.3 Å². The molecule has 0 fully saturated rings. The fourth-order valence-corrected chi connectivity index (χ4v) is 3.68. The number of nitrogens with one attached hydrogen (secondary N) is 2. The Morgan fingerprint density at radius 3 is 2.76 bits per heavy atom. The monoisotopic (exact) mass is 394 g/mol. The van der Waals surface area contributed by atoms with Gasteiger partial charge in [0.1, 0.15) is 5.82 Å². The van der Waals surface area contributed by atoms with Crippen molar-refractivity contribution >= 4 is 22.4 Å². The van der Waals surface area contributed by atoms with E-state index in [1.165, 1.54) is 4.68 Å². The smallest absolute Gasteiger partial charge is 0.276 e. The number of benzene rings is 2. The van der Waals surface area contributed by atoms with Crippen molar-refractivity contribution < 1.29 is 9.18 Å². The van der Waals surface area contributed by atoms with Gasteiger partial charge in [-0.3, -0.25) is 9.59 Å². The van der Waals surface area contributed by atoms with E-state index in [0.717, 1.165) is 5.56 Å². The number of rotatable bonds is 4. The molecule has 7 heteroatoms. The van der Waals surface area contributed by atoms with Crippen LogP contribution in [0, 0.1) is 11.7 Å². The Kier molecular flexibility index (Phi) is 5.15. The van der Waals surface area contributed by atoms with Crippen LogP contribution in [0.4, 0.5) is 10.1 Å². The predicted molar refractivity (Wildman–Crippen MR) is 111 cm³/mol. The maximum absolute atomic E-state index is 14.9. The Labute approximate surface area is 167 Å². The summed E-state index contributed by atoms with van der Waals surface area (Å²) in [6.07, 6.45) is 0.575. The summed E-state index contributed by atoms with van der Waals surface area (Å²) >= 11 is 0. The lowest BCUT2D eigenvalue weighted by Crippen LogP contribution is -2.29. The number of nitrogens with zero attached hydrogens (tertiary/aromatic N) is 2. The summed E-state index contributed by atoms with van der Waals surface area (Å²) in [6.45, 7) is 5.66. The van der Waals surface area contributed by atoms with Crippen LogP contribution in [0.2, 0.25) is 0 Å². The van der Waals surface area contributed by atoms with E-state index in [1.807, 2.05) is 19.9 Å². The first-order valence-corrected chi connectivity index (χ1v) is 9.78. The maximum atomic E-state index is 14.9. The number of carbonyl (C=O) groups excluding carboxylic acids is 1. The van der Waals surface area contributed by atoms with Crippen molar-refractivity contribution in [1.82, 2.24) is 15.1 Å². The van der Waals surface area contributed by atoms with Crippen LogP contribution in [-0.2, 0) is 19.5 Å². The molecule has 0 unspecified atom stereocenters. The topological polar surface area (TPSA) is 76.0 Å². The summed E-state index contributed by atoms with van der Waals surface area (Å²) < 4.78 is 16.3. The van der Waals surface area contributed by atoms with E-state index in [0.29, 0.717) is 42.4 Å². The van der Waals surface area contributed by atoms with Gasteiger partial charge in [-0.15, -0.1) is 0 Å². The van der Waals surface area contributed by atoms with Crippen molar-refractivity contribution in [3.05, 3.63) is 69.4 Å². The average molecular weight is 394 g/mol. The molecule has 3 aromatic rings. The molecule has 0 aliphatic carbocycles. The number of hydrogen-bond acceptors (Lipinski definition) is 4. The molecule has 1 aliphatic heterocycles. The molecule has 2 N–H and O–H groups in total. The summed E-state index contributed by atoms with van der Waals surface area (Å²) in [7, 11) is 0. The van der Waals surface area contributed by atoms with E-state index in [-0.39, 0.29) is 22.9 Å². The van der Waals surface area contributed by atoms with Crippen LogP contribution in [0.15, 0.2) is 41.2 Å². The summed E-state index contributed by atoms with van der Waals surface area (Å²) in [5, 5.41) is 11.1. The number of aromatic nitrogens is 2. The molecule has 6 nitrogen and oxygen atoms in total. The fraction of sp³-hybridized carbons (Fsp3) is 0.318. The Balaban J connectivity index is 1.76. The predicted octanol–water partition coefficient (Wildman–Crippen LogP) is 3.09. The first-order chi connectivity index (χ1) is 14.0. The normalized spacial score (nSPS) is 13.5. The highest BCUT2D eigenvalue weighted by Gasteiger charge is 2.21. The summed E-state index contributed by atoms with van der Waals surface area (Å²) in [5.41, 5.74) is 1.53. The lowest BCUT2D eigenvalue weighted by Gasteiger charge is -2.19. The molecule has 0 bridgehead atoms. The lowest BCUT2D eigenvalue weighted by molar-refractivity contribution is 0.102. The van der Waals surface area contributed by atoms with Gasteiger partial charge >= 0.3 is 0 Å². The van der Waals surface area contributed by atoms with Crippen molar-refractivity contribution in [2.24, 2.45) is 5.92 Å². The van der Waals surface area contributed by atoms with Gasteiger partial charge in [-0.25, -0.2) is 9.07 Å². The first kappa shape index (κ1) is 19.3. The van der Waals surface area contributed by atoms with Gasteiger partial charge in [-0.05, 0) is 42.1 Å². The third-order valence-electron chi connectivity index (χ3n) is 5.08. The first-order valence-electron chi connectivity index (χ1n) is 9.78. The number of halogens is 1. The highest BCUT2D eigenvalue weighted by atomic mass is 19.1. The third kappa shape index (κ3) is 3.65. The fourth-order valence-electron chi connectivity index (χ4n) is 3.68. The number of hydrogen-bond donors (Lipinski definition) is 2. The molecule has 0 saturated carbocycles. The second kappa shape index (κ2) is 7.75. The van der Waals surface area contributed by atoms with Crippen molar-refractivity contribution in [2.75, 3.05) is 11.9 Å². The van der Waals surface area contributed by atoms with Gasteiger partial charge < -0.3 is 10.6 Å². The van der Waals surface area contributed by atoms with Gasteiger partial charge in [0.05, 0.1) is 11.1 Å². The summed E-state index contributed by atoms with van der Waals surface area (Å²) in [6, 6.07) is 10.3. The minimum absolute atomic E-state index is 0.111. The van der Waals surface area contributed by atoms with E-state index < -0.39 is 11.7 Å². The van der Waals surface area contributed by atoms with Gasteiger partial charge in [0.15, 0.2) is 5.69 Å². The van der Waals surface area contributed by atoms with E-state index >= 15 is 0 Å².